The molecular formula is C10H16N2O2S2. The van der Waals surface area contributed by atoms with Crippen molar-refractivity contribution in [3.8, 4) is 0 Å². The monoisotopic (exact) mass is 260 g/mol. The van der Waals surface area contributed by atoms with E-state index in [1.165, 1.54) is 7.11 Å². The first-order valence-electron chi connectivity index (χ1n) is 5.00. The molecule has 0 fully saturated rings. The molecule has 0 spiro atoms. The molecule has 0 amide bonds. The lowest BCUT2D eigenvalue weighted by molar-refractivity contribution is -0.140. The van der Waals surface area contributed by atoms with E-state index in [4.69, 9.17) is 0 Å². The number of ether oxygens (including phenoxy) is 1. The molecule has 0 atom stereocenters. The summed E-state index contributed by atoms with van der Waals surface area (Å²) in [6.07, 6.45) is 3.11. The van der Waals surface area contributed by atoms with Crippen molar-refractivity contribution < 1.29 is 9.53 Å². The quantitative estimate of drug-likeness (QED) is 0.600. The largest absolute Gasteiger partial charge is 0.469 e. The normalized spacial score (nSPS) is 10.1. The van der Waals surface area contributed by atoms with Crippen molar-refractivity contribution in [2.45, 2.75) is 12.8 Å². The minimum Gasteiger partial charge on any atom is -0.469 e. The third kappa shape index (κ3) is 4.85. The van der Waals surface area contributed by atoms with Crippen LogP contribution in [0.3, 0.4) is 0 Å². The number of nitrogens with zero attached hydrogens (tertiary/aromatic N) is 1. The highest BCUT2D eigenvalue weighted by Gasteiger charge is 2.05. The Morgan fingerprint density at radius 3 is 3.19 bits per heavy atom. The number of hydrogen-bond donors (Lipinski definition) is 1. The van der Waals surface area contributed by atoms with Crippen molar-refractivity contribution in [3.63, 3.8) is 0 Å². The van der Waals surface area contributed by atoms with Crippen LogP contribution in [0.4, 0.5) is 5.13 Å². The fourth-order valence-electron chi connectivity index (χ4n) is 1.10. The van der Waals surface area contributed by atoms with Gasteiger partial charge in [-0.3, -0.25) is 4.79 Å². The van der Waals surface area contributed by atoms with Gasteiger partial charge in [0.15, 0.2) is 5.13 Å². The number of esters is 1. The average molecular weight is 260 g/mol. The van der Waals surface area contributed by atoms with Gasteiger partial charge in [-0.1, -0.05) is 0 Å². The molecule has 0 aromatic carbocycles. The first kappa shape index (κ1) is 13.3. The highest BCUT2D eigenvalue weighted by Crippen LogP contribution is 2.16. The van der Waals surface area contributed by atoms with Crippen LogP contribution in [0.2, 0.25) is 0 Å². The Hall–Kier alpha value is -0.750. The van der Waals surface area contributed by atoms with Crippen molar-refractivity contribution in [2.24, 2.45) is 0 Å². The number of thiazole rings is 1. The smallest absolute Gasteiger partial charge is 0.305 e. The molecular weight excluding hydrogens is 244 g/mol. The summed E-state index contributed by atoms with van der Waals surface area (Å²) in [5.41, 5.74) is 0.946. The van der Waals surface area contributed by atoms with Gasteiger partial charge in [0.2, 0.25) is 0 Å². The Morgan fingerprint density at radius 1 is 1.69 bits per heavy atom. The Bertz CT molecular complexity index is 328. The van der Waals surface area contributed by atoms with E-state index in [1.807, 2.05) is 5.38 Å². The van der Waals surface area contributed by atoms with Crippen LogP contribution in [-0.2, 0) is 16.0 Å². The minimum atomic E-state index is -0.190. The fourth-order valence-corrected chi connectivity index (χ4v) is 2.17. The van der Waals surface area contributed by atoms with Gasteiger partial charge in [-0.05, 0) is 6.26 Å². The Morgan fingerprint density at radius 2 is 2.50 bits per heavy atom. The van der Waals surface area contributed by atoms with Crippen LogP contribution in [-0.4, -0.2) is 36.6 Å². The number of carbonyl (C=O) groups excluding carboxylic acids is 1. The average Bonchev–Trinajstić information content (AvgIpc) is 2.74. The lowest BCUT2D eigenvalue weighted by Gasteiger charge is -1.99. The molecule has 0 unspecified atom stereocenters. The summed E-state index contributed by atoms with van der Waals surface area (Å²) in [6.45, 7) is 0.922. The van der Waals surface area contributed by atoms with Crippen LogP contribution in [0.5, 0.6) is 0 Å². The number of carbonyl (C=O) groups is 1. The van der Waals surface area contributed by atoms with Crippen LogP contribution < -0.4 is 5.32 Å². The van der Waals surface area contributed by atoms with E-state index >= 15 is 0 Å². The number of thioether (sulfide) groups is 1. The Balaban J connectivity index is 2.30. The third-order valence-corrected chi connectivity index (χ3v) is 3.41. The topological polar surface area (TPSA) is 51.2 Å². The second-order valence-electron chi connectivity index (χ2n) is 3.14. The van der Waals surface area contributed by atoms with Crippen molar-refractivity contribution in [1.82, 2.24) is 4.98 Å². The lowest BCUT2D eigenvalue weighted by Crippen LogP contribution is -2.04. The predicted molar refractivity (Wildman–Crippen MR) is 69.3 cm³/mol. The number of methoxy groups -OCH3 is 1. The number of aromatic nitrogens is 1. The fraction of sp³-hybridized carbons (Fsp3) is 0.600. The van der Waals surface area contributed by atoms with E-state index in [2.05, 4.69) is 21.3 Å². The first-order chi connectivity index (χ1) is 7.76. The summed E-state index contributed by atoms with van der Waals surface area (Å²) in [5, 5.41) is 6.14. The Kier molecular flexibility index (Phi) is 6.25. The molecule has 0 saturated heterocycles. The van der Waals surface area contributed by atoms with E-state index in [-0.39, 0.29) is 5.97 Å². The predicted octanol–water partition coefficient (Wildman–Crippen LogP) is 2.02. The van der Waals surface area contributed by atoms with Crippen molar-refractivity contribution in [3.05, 3.63) is 11.1 Å². The molecule has 0 aliphatic carbocycles. The summed E-state index contributed by atoms with van der Waals surface area (Å²) in [4.78, 5) is 15.3. The molecule has 0 bridgehead atoms. The number of anilines is 1. The number of rotatable bonds is 7. The van der Waals surface area contributed by atoms with Crippen LogP contribution in [0.1, 0.15) is 12.1 Å². The van der Waals surface area contributed by atoms with E-state index in [1.54, 1.807) is 23.1 Å². The molecule has 0 aliphatic rings. The third-order valence-electron chi connectivity index (χ3n) is 1.95. The standard InChI is InChI=1S/C10H16N2O2S2/c1-14-9(13)4-3-8-7-16-10(12-8)11-5-6-15-2/h7H,3-6H2,1-2H3,(H,11,12). The van der Waals surface area contributed by atoms with Gasteiger partial charge < -0.3 is 10.1 Å². The van der Waals surface area contributed by atoms with Gasteiger partial charge in [-0.15, -0.1) is 11.3 Å². The summed E-state index contributed by atoms with van der Waals surface area (Å²) in [7, 11) is 1.40. The van der Waals surface area contributed by atoms with E-state index in [0.29, 0.717) is 12.8 Å². The molecule has 1 aromatic rings. The van der Waals surface area contributed by atoms with Crippen molar-refractivity contribution in [2.75, 3.05) is 31.0 Å². The van der Waals surface area contributed by atoms with Crippen LogP contribution in [0.25, 0.3) is 0 Å². The van der Waals surface area contributed by atoms with Gasteiger partial charge in [0.05, 0.1) is 19.2 Å². The van der Waals surface area contributed by atoms with Crippen LogP contribution >= 0.6 is 23.1 Å². The van der Waals surface area contributed by atoms with E-state index in [0.717, 1.165) is 23.1 Å². The second kappa shape index (κ2) is 7.51. The molecule has 1 aromatic heterocycles. The van der Waals surface area contributed by atoms with E-state index in [9.17, 15) is 4.79 Å². The second-order valence-corrected chi connectivity index (χ2v) is 4.98. The van der Waals surface area contributed by atoms with Gasteiger partial charge in [0, 0.05) is 24.1 Å². The van der Waals surface area contributed by atoms with Gasteiger partial charge >= 0.3 is 5.97 Å². The minimum absolute atomic E-state index is 0.190. The maximum Gasteiger partial charge on any atom is 0.305 e. The molecule has 1 rings (SSSR count). The molecule has 4 nitrogen and oxygen atoms in total. The highest BCUT2D eigenvalue weighted by atomic mass is 32.2. The lowest BCUT2D eigenvalue weighted by atomic mass is 10.2. The van der Waals surface area contributed by atoms with Gasteiger partial charge in [-0.2, -0.15) is 11.8 Å². The number of aryl methyl sites for hydroxylation is 1. The maximum atomic E-state index is 10.9. The zero-order valence-corrected chi connectivity index (χ0v) is 11.1. The number of nitrogens with one attached hydrogen (secondary N) is 1. The van der Waals surface area contributed by atoms with Gasteiger partial charge in [0.1, 0.15) is 0 Å². The van der Waals surface area contributed by atoms with E-state index < -0.39 is 0 Å². The molecule has 16 heavy (non-hydrogen) atoms. The van der Waals surface area contributed by atoms with Crippen molar-refractivity contribution in [1.29, 1.82) is 0 Å². The molecule has 0 radical (unpaired) electrons. The summed E-state index contributed by atoms with van der Waals surface area (Å²) >= 11 is 3.37. The molecule has 90 valence electrons. The summed E-state index contributed by atoms with van der Waals surface area (Å²) < 4.78 is 4.58. The Labute approximate surface area is 104 Å². The van der Waals surface area contributed by atoms with Crippen LogP contribution in [0, 0.1) is 0 Å². The van der Waals surface area contributed by atoms with Crippen LogP contribution in [0.15, 0.2) is 5.38 Å². The molecule has 1 N–H and O–H groups in total. The molecule has 0 saturated carbocycles. The zero-order valence-electron chi connectivity index (χ0n) is 9.49. The summed E-state index contributed by atoms with van der Waals surface area (Å²) in [5.74, 6) is 0.877. The molecule has 1 heterocycles. The first-order valence-corrected chi connectivity index (χ1v) is 7.27. The zero-order chi connectivity index (χ0) is 11.8. The highest BCUT2D eigenvalue weighted by molar-refractivity contribution is 7.98. The maximum absolute atomic E-state index is 10.9. The summed E-state index contributed by atoms with van der Waals surface area (Å²) in [6, 6.07) is 0. The molecule has 0 aliphatic heterocycles. The van der Waals surface area contributed by atoms with Gasteiger partial charge in [0.25, 0.3) is 0 Å². The van der Waals surface area contributed by atoms with Crippen molar-refractivity contribution >= 4 is 34.2 Å². The SMILES string of the molecule is COC(=O)CCc1csc(NCCSC)n1. The van der Waals surface area contributed by atoms with Gasteiger partial charge in [-0.25, -0.2) is 4.98 Å². The molecule has 6 heteroatoms. The number of hydrogen-bond acceptors (Lipinski definition) is 6.